The Hall–Kier alpha value is -1.05. The molecule has 1 aromatic carbocycles. The highest BCUT2D eigenvalue weighted by atomic mass is 19.1. The van der Waals surface area contributed by atoms with Gasteiger partial charge in [0.1, 0.15) is 11.6 Å². The third-order valence-corrected chi connectivity index (χ3v) is 2.48. The molecule has 0 atom stereocenters. The Morgan fingerprint density at radius 3 is 2.69 bits per heavy atom. The summed E-state index contributed by atoms with van der Waals surface area (Å²) in [7, 11) is 0. The highest BCUT2D eigenvalue weighted by Gasteiger charge is 2.18. The van der Waals surface area contributed by atoms with Crippen LogP contribution in [0.5, 0.6) is 5.75 Å². The monoisotopic (exact) mass is 180 g/mol. The van der Waals surface area contributed by atoms with Gasteiger partial charge in [-0.2, -0.15) is 0 Å². The van der Waals surface area contributed by atoms with Crippen LogP contribution in [0.2, 0.25) is 0 Å². The fourth-order valence-corrected chi connectivity index (χ4v) is 1.37. The molecule has 0 spiro atoms. The lowest BCUT2D eigenvalue weighted by molar-refractivity contribution is 0.120. The van der Waals surface area contributed by atoms with E-state index in [1.165, 1.54) is 12.5 Å². The predicted octanol–water partition coefficient (Wildman–Crippen LogP) is 3.07. The molecule has 1 aliphatic rings. The zero-order chi connectivity index (χ0) is 9.26. The SMILES string of the molecule is Cc1cc(OC2CCC2)ccc1F. The fourth-order valence-electron chi connectivity index (χ4n) is 1.37. The minimum Gasteiger partial charge on any atom is -0.490 e. The van der Waals surface area contributed by atoms with Gasteiger partial charge >= 0.3 is 0 Å². The van der Waals surface area contributed by atoms with Crippen LogP contribution in [-0.2, 0) is 0 Å². The first kappa shape index (κ1) is 8.54. The summed E-state index contributed by atoms with van der Waals surface area (Å²) in [5.74, 6) is 0.629. The van der Waals surface area contributed by atoms with E-state index < -0.39 is 0 Å². The van der Waals surface area contributed by atoms with Crippen LogP contribution in [0.25, 0.3) is 0 Å². The molecule has 0 amide bonds. The molecular weight excluding hydrogens is 167 g/mol. The lowest BCUT2D eigenvalue weighted by Gasteiger charge is -2.26. The molecule has 70 valence electrons. The van der Waals surface area contributed by atoms with Crippen molar-refractivity contribution in [2.24, 2.45) is 0 Å². The number of rotatable bonds is 2. The van der Waals surface area contributed by atoms with Gasteiger partial charge in [-0.3, -0.25) is 0 Å². The van der Waals surface area contributed by atoms with Gasteiger partial charge < -0.3 is 4.74 Å². The quantitative estimate of drug-likeness (QED) is 0.679. The molecule has 0 unspecified atom stereocenters. The molecule has 1 aromatic rings. The van der Waals surface area contributed by atoms with Crippen molar-refractivity contribution >= 4 is 0 Å². The van der Waals surface area contributed by atoms with E-state index in [2.05, 4.69) is 0 Å². The van der Waals surface area contributed by atoms with E-state index in [-0.39, 0.29) is 5.82 Å². The molecule has 2 heteroatoms. The highest BCUT2D eigenvalue weighted by Crippen LogP contribution is 2.25. The van der Waals surface area contributed by atoms with Crippen molar-refractivity contribution in [2.45, 2.75) is 32.3 Å². The molecule has 0 aromatic heterocycles. The van der Waals surface area contributed by atoms with Crippen LogP contribution in [-0.4, -0.2) is 6.10 Å². The topological polar surface area (TPSA) is 9.23 Å². The Labute approximate surface area is 77.5 Å². The Kier molecular flexibility index (Phi) is 2.21. The Morgan fingerprint density at radius 1 is 1.38 bits per heavy atom. The molecule has 2 rings (SSSR count). The van der Waals surface area contributed by atoms with Gasteiger partial charge in [-0.05, 0) is 49.9 Å². The second-order valence-electron chi connectivity index (χ2n) is 3.58. The second-order valence-corrected chi connectivity index (χ2v) is 3.58. The number of aryl methyl sites for hydroxylation is 1. The van der Waals surface area contributed by atoms with Gasteiger partial charge in [0.2, 0.25) is 0 Å². The number of hydrogen-bond donors (Lipinski definition) is 0. The summed E-state index contributed by atoms with van der Waals surface area (Å²) in [6.07, 6.45) is 3.89. The molecule has 13 heavy (non-hydrogen) atoms. The van der Waals surface area contributed by atoms with Crippen LogP contribution < -0.4 is 4.74 Å². The van der Waals surface area contributed by atoms with Crippen LogP contribution in [0.4, 0.5) is 4.39 Å². The molecule has 0 N–H and O–H groups in total. The van der Waals surface area contributed by atoms with Gasteiger partial charge in [0, 0.05) is 0 Å². The normalized spacial score (nSPS) is 16.8. The van der Waals surface area contributed by atoms with Crippen LogP contribution in [0.1, 0.15) is 24.8 Å². The molecule has 1 fully saturated rings. The highest BCUT2D eigenvalue weighted by molar-refractivity contribution is 5.29. The molecule has 0 heterocycles. The summed E-state index contributed by atoms with van der Waals surface area (Å²) in [4.78, 5) is 0. The van der Waals surface area contributed by atoms with Gasteiger partial charge in [0.15, 0.2) is 0 Å². The zero-order valence-corrected chi connectivity index (χ0v) is 7.72. The smallest absolute Gasteiger partial charge is 0.126 e. The maximum Gasteiger partial charge on any atom is 0.126 e. The maximum atomic E-state index is 12.9. The zero-order valence-electron chi connectivity index (χ0n) is 7.72. The van der Waals surface area contributed by atoms with Crippen molar-refractivity contribution in [1.29, 1.82) is 0 Å². The van der Waals surface area contributed by atoms with Gasteiger partial charge in [0.25, 0.3) is 0 Å². The number of ether oxygens (including phenoxy) is 1. The summed E-state index contributed by atoms with van der Waals surface area (Å²) >= 11 is 0. The van der Waals surface area contributed by atoms with E-state index in [4.69, 9.17) is 4.74 Å². The summed E-state index contributed by atoms with van der Waals surface area (Å²) < 4.78 is 18.5. The van der Waals surface area contributed by atoms with Crippen molar-refractivity contribution in [1.82, 2.24) is 0 Å². The van der Waals surface area contributed by atoms with E-state index in [1.807, 2.05) is 0 Å². The second kappa shape index (κ2) is 3.36. The van der Waals surface area contributed by atoms with Gasteiger partial charge in [-0.25, -0.2) is 4.39 Å². The molecule has 0 radical (unpaired) electrons. The van der Waals surface area contributed by atoms with Gasteiger partial charge in [-0.15, -0.1) is 0 Å². The van der Waals surface area contributed by atoms with Crippen molar-refractivity contribution in [3.8, 4) is 5.75 Å². The van der Waals surface area contributed by atoms with E-state index in [0.29, 0.717) is 11.7 Å². The third-order valence-electron chi connectivity index (χ3n) is 2.48. The fraction of sp³-hybridized carbons (Fsp3) is 0.455. The van der Waals surface area contributed by atoms with Gasteiger partial charge in [0.05, 0.1) is 6.10 Å². The molecule has 0 aliphatic heterocycles. The lowest BCUT2D eigenvalue weighted by atomic mass is 9.96. The summed E-state index contributed by atoms with van der Waals surface area (Å²) in [6, 6.07) is 4.91. The van der Waals surface area contributed by atoms with Crippen LogP contribution in [0, 0.1) is 12.7 Å². The largest absolute Gasteiger partial charge is 0.490 e. The Balaban J connectivity index is 2.07. The molecular formula is C11H13FO. The lowest BCUT2D eigenvalue weighted by Crippen LogP contribution is -2.24. The first-order valence-corrected chi connectivity index (χ1v) is 4.68. The standard InChI is InChI=1S/C11H13FO/c1-8-7-10(5-6-11(8)12)13-9-3-2-4-9/h5-7,9H,2-4H2,1H3. The molecule has 1 saturated carbocycles. The molecule has 1 aliphatic carbocycles. The first-order chi connectivity index (χ1) is 6.25. The van der Waals surface area contributed by atoms with E-state index in [1.54, 1.807) is 19.1 Å². The number of hydrogen-bond acceptors (Lipinski definition) is 1. The summed E-state index contributed by atoms with van der Waals surface area (Å²) in [5, 5.41) is 0. The Morgan fingerprint density at radius 2 is 2.15 bits per heavy atom. The molecule has 0 saturated heterocycles. The average Bonchev–Trinajstić information content (AvgIpc) is 2.04. The van der Waals surface area contributed by atoms with Crippen LogP contribution >= 0.6 is 0 Å². The first-order valence-electron chi connectivity index (χ1n) is 4.68. The van der Waals surface area contributed by atoms with E-state index >= 15 is 0 Å². The summed E-state index contributed by atoms with van der Waals surface area (Å²) in [5.41, 5.74) is 0.650. The number of halogens is 1. The van der Waals surface area contributed by atoms with Crippen LogP contribution in [0.15, 0.2) is 18.2 Å². The maximum absolute atomic E-state index is 12.9. The van der Waals surface area contributed by atoms with Gasteiger partial charge in [-0.1, -0.05) is 0 Å². The van der Waals surface area contributed by atoms with Crippen molar-refractivity contribution in [3.05, 3.63) is 29.6 Å². The van der Waals surface area contributed by atoms with Crippen molar-refractivity contribution in [2.75, 3.05) is 0 Å². The predicted molar refractivity (Wildman–Crippen MR) is 49.4 cm³/mol. The Bertz CT molecular complexity index is 305. The van der Waals surface area contributed by atoms with Crippen LogP contribution in [0.3, 0.4) is 0 Å². The number of benzene rings is 1. The molecule has 1 nitrogen and oxygen atoms in total. The summed E-state index contributed by atoms with van der Waals surface area (Å²) in [6.45, 7) is 1.75. The molecule has 0 bridgehead atoms. The van der Waals surface area contributed by atoms with Crippen molar-refractivity contribution < 1.29 is 9.13 Å². The van der Waals surface area contributed by atoms with E-state index in [0.717, 1.165) is 18.6 Å². The minimum atomic E-state index is -0.166. The van der Waals surface area contributed by atoms with Crippen molar-refractivity contribution in [3.63, 3.8) is 0 Å². The third kappa shape index (κ3) is 1.82. The van der Waals surface area contributed by atoms with E-state index in [9.17, 15) is 4.39 Å². The average molecular weight is 180 g/mol. The minimum absolute atomic E-state index is 0.166.